The molecule has 0 spiro atoms. The van der Waals surface area contributed by atoms with E-state index >= 15 is 0 Å². The Balaban J connectivity index is 0.00000300. The first kappa shape index (κ1) is 24.4. The number of morpholine rings is 1. The summed E-state index contributed by atoms with van der Waals surface area (Å²) in [7, 11) is 0. The summed E-state index contributed by atoms with van der Waals surface area (Å²) in [4.78, 5) is 7.25. The molecule has 6 nitrogen and oxygen atoms in total. The minimum absolute atomic E-state index is 0. The zero-order chi connectivity index (χ0) is 19.6. The highest BCUT2D eigenvalue weighted by Gasteiger charge is 2.32. The lowest BCUT2D eigenvalue weighted by Gasteiger charge is -2.37. The van der Waals surface area contributed by atoms with E-state index in [-0.39, 0.29) is 36.2 Å². The lowest BCUT2D eigenvalue weighted by atomic mass is 10.1. The number of guanidine groups is 1. The molecule has 29 heavy (non-hydrogen) atoms. The molecule has 2 unspecified atom stereocenters. The number of ether oxygens (including phenoxy) is 3. The molecule has 164 valence electrons. The van der Waals surface area contributed by atoms with Gasteiger partial charge in [-0.15, -0.1) is 24.0 Å². The second-order valence-corrected chi connectivity index (χ2v) is 7.40. The number of aliphatic imine (C=N–C) groups is 1. The predicted molar refractivity (Wildman–Crippen MR) is 127 cm³/mol. The summed E-state index contributed by atoms with van der Waals surface area (Å²) in [6.45, 7) is 10.4. The van der Waals surface area contributed by atoms with Crippen molar-refractivity contribution in [2.24, 2.45) is 4.99 Å². The summed E-state index contributed by atoms with van der Waals surface area (Å²) in [6, 6.07) is 8.42. The maximum atomic E-state index is 5.99. The Morgan fingerprint density at radius 2 is 1.97 bits per heavy atom. The maximum absolute atomic E-state index is 5.99. The molecule has 2 atom stereocenters. The predicted octanol–water partition coefficient (Wildman–Crippen LogP) is 3.58. The molecule has 1 N–H and O–H groups in total. The number of rotatable bonds is 8. The van der Waals surface area contributed by atoms with Gasteiger partial charge >= 0.3 is 0 Å². The van der Waals surface area contributed by atoms with E-state index < -0.39 is 0 Å². The number of hydrogen-bond acceptors (Lipinski definition) is 4. The molecule has 2 aliphatic heterocycles. The van der Waals surface area contributed by atoms with Crippen LogP contribution in [0.1, 0.15) is 44.2 Å². The van der Waals surface area contributed by atoms with Crippen LogP contribution in [0.4, 0.5) is 0 Å². The summed E-state index contributed by atoms with van der Waals surface area (Å²) >= 11 is 0. The van der Waals surface area contributed by atoms with Crippen LogP contribution >= 0.6 is 24.0 Å². The number of benzene rings is 1. The zero-order valence-electron chi connectivity index (χ0n) is 17.8. The third kappa shape index (κ3) is 7.38. The highest BCUT2D eigenvalue weighted by molar-refractivity contribution is 14.0. The molecule has 0 aromatic heterocycles. The molecule has 2 saturated heterocycles. The van der Waals surface area contributed by atoms with Gasteiger partial charge in [0.2, 0.25) is 0 Å². The standard InChI is InChI=1S/C22H35N3O3.HI/c1-3-12-26-17-19-9-6-5-8-18(19)15-24-22(23-4-2)25-11-14-28-21(16-25)20-10-7-13-27-20;/h5-6,8-9,20-21H,3-4,7,10-17H2,1-2H3,(H,23,24);1H. The van der Waals surface area contributed by atoms with Crippen LogP contribution in [0.5, 0.6) is 0 Å². The van der Waals surface area contributed by atoms with Gasteiger partial charge in [0.05, 0.1) is 25.9 Å². The summed E-state index contributed by atoms with van der Waals surface area (Å²) < 4.78 is 17.6. The monoisotopic (exact) mass is 517 g/mol. The van der Waals surface area contributed by atoms with E-state index in [0.717, 1.165) is 64.7 Å². The third-order valence-corrected chi connectivity index (χ3v) is 5.23. The van der Waals surface area contributed by atoms with Gasteiger partial charge in [-0.2, -0.15) is 0 Å². The first-order valence-corrected chi connectivity index (χ1v) is 10.7. The number of nitrogens with one attached hydrogen (secondary N) is 1. The Labute approximate surface area is 192 Å². The molecule has 3 rings (SSSR count). The smallest absolute Gasteiger partial charge is 0.194 e. The molecule has 2 heterocycles. The van der Waals surface area contributed by atoms with Crippen LogP contribution in [-0.4, -0.2) is 62.5 Å². The molecular formula is C22H36IN3O3. The van der Waals surface area contributed by atoms with E-state index in [0.29, 0.717) is 13.2 Å². The van der Waals surface area contributed by atoms with Crippen LogP contribution in [0, 0.1) is 0 Å². The molecule has 0 amide bonds. The zero-order valence-corrected chi connectivity index (χ0v) is 20.1. The Kier molecular flexibility index (Phi) is 11.3. The fourth-order valence-corrected chi connectivity index (χ4v) is 3.75. The molecule has 0 bridgehead atoms. The van der Waals surface area contributed by atoms with E-state index in [2.05, 4.69) is 48.3 Å². The normalized spacial score (nSPS) is 22.4. The third-order valence-electron chi connectivity index (χ3n) is 5.23. The average Bonchev–Trinajstić information content (AvgIpc) is 3.27. The topological polar surface area (TPSA) is 55.3 Å². The van der Waals surface area contributed by atoms with Gasteiger partial charge < -0.3 is 24.4 Å². The van der Waals surface area contributed by atoms with Gasteiger partial charge in [-0.1, -0.05) is 31.2 Å². The first-order chi connectivity index (χ1) is 13.8. The molecule has 0 saturated carbocycles. The maximum Gasteiger partial charge on any atom is 0.194 e. The van der Waals surface area contributed by atoms with Crippen LogP contribution in [0.3, 0.4) is 0 Å². The Bertz CT molecular complexity index is 623. The van der Waals surface area contributed by atoms with E-state index in [1.165, 1.54) is 11.1 Å². The van der Waals surface area contributed by atoms with Crippen molar-refractivity contribution in [1.29, 1.82) is 0 Å². The van der Waals surface area contributed by atoms with Crippen molar-refractivity contribution in [1.82, 2.24) is 10.2 Å². The van der Waals surface area contributed by atoms with Gasteiger partial charge in [0.25, 0.3) is 0 Å². The fourth-order valence-electron chi connectivity index (χ4n) is 3.75. The van der Waals surface area contributed by atoms with Crippen molar-refractivity contribution < 1.29 is 14.2 Å². The quantitative estimate of drug-likeness (QED) is 0.247. The van der Waals surface area contributed by atoms with Gasteiger partial charge in [-0.25, -0.2) is 4.99 Å². The highest BCUT2D eigenvalue weighted by atomic mass is 127. The van der Waals surface area contributed by atoms with E-state index in [9.17, 15) is 0 Å². The van der Waals surface area contributed by atoms with Crippen molar-refractivity contribution in [3.63, 3.8) is 0 Å². The molecule has 7 heteroatoms. The van der Waals surface area contributed by atoms with E-state index in [1.807, 2.05) is 0 Å². The van der Waals surface area contributed by atoms with Gasteiger partial charge in [0.1, 0.15) is 6.10 Å². The summed E-state index contributed by atoms with van der Waals surface area (Å²) in [5.74, 6) is 0.957. The Morgan fingerprint density at radius 1 is 1.17 bits per heavy atom. The van der Waals surface area contributed by atoms with E-state index in [1.54, 1.807) is 0 Å². The van der Waals surface area contributed by atoms with Crippen molar-refractivity contribution >= 4 is 29.9 Å². The van der Waals surface area contributed by atoms with Crippen LogP contribution in [0.15, 0.2) is 29.3 Å². The highest BCUT2D eigenvalue weighted by Crippen LogP contribution is 2.21. The van der Waals surface area contributed by atoms with Crippen molar-refractivity contribution in [2.75, 3.05) is 39.5 Å². The van der Waals surface area contributed by atoms with Gasteiger partial charge in [0, 0.05) is 32.8 Å². The van der Waals surface area contributed by atoms with Crippen LogP contribution in [0.25, 0.3) is 0 Å². The Hall–Kier alpha value is -0.900. The SMILES string of the molecule is CCCOCc1ccccc1CN=C(NCC)N1CCOC(C2CCCO2)C1.I. The number of nitrogens with zero attached hydrogens (tertiary/aromatic N) is 2. The molecule has 0 aliphatic carbocycles. The lowest BCUT2D eigenvalue weighted by Crippen LogP contribution is -2.53. The molecule has 2 fully saturated rings. The second-order valence-electron chi connectivity index (χ2n) is 7.40. The minimum atomic E-state index is 0. The van der Waals surface area contributed by atoms with Crippen LogP contribution in [-0.2, 0) is 27.4 Å². The van der Waals surface area contributed by atoms with E-state index in [4.69, 9.17) is 19.2 Å². The molecular weight excluding hydrogens is 481 g/mol. The number of hydrogen-bond donors (Lipinski definition) is 1. The molecule has 1 aromatic rings. The van der Waals surface area contributed by atoms with Crippen molar-refractivity contribution in [3.05, 3.63) is 35.4 Å². The minimum Gasteiger partial charge on any atom is -0.377 e. The average molecular weight is 517 g/mol. The fraction of sp³-hybridized carbons (Fsp3) is 0.682. The van der Waals surface area contributed by atoms with Gasteiger partial charge in [-0.05, 0) is 37.3 Å². The largest absolute Gasteiger partial charge is 0.377 e. The molecule has 0 radical (unpaired) electrons. The van der Waals surface area contributed by atoms with Crippen LogP contribution in [0.2, 0.25) is 0 Å². The molecule has 2 aliphatic rings. The second kappa shape index (κ2) is 13.4. The lowest BCUT2D eigenvalue weighted by molar-refractivity contribution is -0.0817. The van der Waals surface area contributed by atoms with Crippen molar-refractivity contribution in [3.8, 4) is 0 Å². The summed E-state index contributed by atoms with van der Waals surface area (Å²) in [6.07, 6.45) is 3.62. The summed E-state index contributed by atoms with van der Waals surface area (Å²) in [5.41, 5.74) is 2.44. The Morgan fingerprint density at radius 3 is 2.69 bits per heavy atom. The summed E-state index contributed by atoms with van der Waals surface area (Å²) in [5, 5.41) is 3.45. The van der Waals surface area contributed by atoms with Gasteiger partial charge in [-0.3, -0.25) is 0 Å². The van der Waals surface area contributed by atoms with Crippen molar-refractivity contribution in [2.45, 2.75) is 58.5 Å². The van der Waals surface area contributed by atoms with Crippen LogP contribution < -0.4 is 5.32 Å². The number of halogens is 1. The first-order valence-electron chi connectivity index (χ1n) is 10.7. The van der Waals surface area contributed by atoms with Gasteiger partial charge in [0.15, 0.2) is 5.96 Å². The molecule has 1 aromatic carbocycles.